The highest BCUT2D eigenvalue weighted by molar-refractivity contribution is 4.99. The zero-order valence-electron chi connectivity index (χ0n) is 7.67. The van der Waals surface area contributed by atoms with Gasteiger partial charge in [0.15, 0.2) is 0 Å². The van der Waals surface area contributed by atoms with E-state index in [0.29, 0.717) is 0 Å². The fraction of sp³-hybridized carbons (Fsp3) is 0.600. The molecule has 0 aromatic heterocycles. The van der Waals surface area contributed by atoms with E-state index in [9.17, 15) is 5.11 Å². The second kappa shape index (κ2) is 5.14. The van der Waals surface area contributed by atoms with Crippen molar-refractivity contribution in [3.63, 3.8) is 0 Å². The smallest absolute Gasteiger partial charge is 0.0771 e. The molecule has 0 rings (SSSR count). The van der Waals surface area contributed by atoms with Crippen LogP contribution in [0.25, 0.3) is 0 Å². The molecule has 0 radical (unpaired) electrons. The van der Waals surface area contributed by atoms with Crippen LogP contribution in [0.3, 0.4) is 0 Å². The standard InChI is InChI=1S/C10H18O/c1-4-5-6-7-8-9-10(2,3)11/h5-6,8-9,11H,4,7H2,1-3H3. The minimum absolute atomic E-state index is 0.667. The first-order chi connectivity index (χ1) is 5.06. The maximum absolute atomic E-state index is 9.26. The number of rotatable bonds is 4. The van der Waals surface area contributed by atoms with Crippen LogP contribution in [0, 0.1) is 0 Å². The number of hydrogen-bond acceptors (Lipinski definition) is 1. The Bertz CT molecular complexity index is 137. The Kier molecular flexibility index (Phi) is 4.88. The normalized spacial score (nSPS) is 13.5. The molecule has 64 valence electrons. The van der Waals surface area contributed by atoms with Gasteiger partial charge in [-0.25, -0.2) is 0 Å². The predicted molar refractivity (Wildman–Crippen MR) is 49.5 cm³/mol. The minimum Gasteiger partial charge on any atom is -0.386 e. The second-order valence-electron chi connectivity index (χ2n) is 3.17. The summed E-state index contributed by atoms with van der Waals surface area (Å²) in [7, 11) is 0. The van der Waals surface area contributed by atoms with Gasteiger partial charge in [-0.1, -0.05) is 31.2 Å². The Morgan fingerprint density at radius 1 is 1.18 bits per heavy atom. The van der Waals surface area contributed by atoms with E-state index in [2.05, 4.69) is 19.1 Å². The van der Waals surface area contributed by atoms with Crippen LogP contribution in [0.5, 0.6) is 0 Å². The molecule has 0 aliphatic rings. The number of allylic oxidation sites excluding steroid dienone is 3. The first-order valence-corrected chi connectivity index (χ1v) is 4.11. The molecule has 1 heteroatoms. The van der Waals surface area contributed by atoms with Gasteiger partial charge in [-0.15, -0.1) is 0 Å². The molecular formula is C10H18O. The van der Waals surface area contributed by atoms with E-state index < -0.39 is 5.60 Å². The van der Waals surface area contributed by atoms with Crippen LogP contribution in [-0.4, -0.2) is 10.7 Å². The lowest BCUT2D eigenvalue weighted by atomic mass is 10.1. The molecule has 0 saturated heterocycles. The molecule has 0 aromatic carbocycles. The summed E-state index contributed by atoms with van der Waals surface area (Å²) in [4.78, 5) is 0. The van der Waals surface area contributed by atoms with Gasteiger partial charge in [-0.05, 0) is 26.7 Å². The van der Waals surface area contributed by atoms with E-state index >= 15 is 0 Å². The summed E-state index contributed by atoms with van der Waals surface area (Å²) >= 11 is 0. The van der Waals surface area contributed by atoms with E-state index in [0.717, 1.165) is 12.8 Å². The Morgan fingerprint density at radius 2 is 1.82 bits per heavy atom. The van der Waals surface area contributed by atoms with Crippen molar-refractivity contribution in [2.75, 3.05) is 0 Å². The lowest BCUT2D eigenvalue weighted by Gasteiger charge is -2.09. The SMILES string of the molecule is CCC=CCC=CC(C)(C)O. The number of aliphatic hydroxyl groups is 1. The van der Waals surface area contributed by atoms with Gasteiger partial charge in [0, 0.05) is 0 Å². The van der Waals surface area contributed by atoms with Gasteiger partial charge in [0.25, 0.3) is 0 Å². The van der Waals surface area contributed by atoms with E-state index in [1.54, 1.807) is 13.8 Å². The highest BCUT2D eigenvalue weighted by Crippen LogP contribution is 2.03. The van der Waals surface area contributed by atoms with E-state index in [1.807, 2.05) is 12.2 Å². The third-order valence-corrected chi connectivity index (χ3v) is 1.20. The zero-order chi connectivity index (χ0) is 8.74. The lowest BCUT2D eigenvalue weighted by molar-refractivity contribution is 0.133. The lowest BCUT2D eigenvalue weighted by Crippen LogP contribution is -2.13. The maximum atomic E-state index is 9.26. The van der Waals surface area contributed by atoms with Crippen molar-refractivity contribution < 1.29 is 5.11 Å². The molecule has 11 heavy (non-hydrogen) atoms. The molecule has 0 saturated carbocycles. The van der Waals surface area contributed by atoms with Crippen molar-refractivity contribution in [1.82, 2.24) is 0 Å². The summed E-state index contributed by atoms with van der Waals surface area (Å²) in [6.07, 6.45) is 10.0. The second-order valence-corrected chi connectivity index (χ2v) is 3.17. The molecule has 1 nitrogen and oxygen atoms in total. The average Bonchev–Trinajstić information content (AvgIpc) is 1.85. The van der Waals surface area contributed by atoms with Crippen molar-refractivity contribution in [3.05, 3.63) is 24.3 Å². The molecule has 0 amide bonds. The van der Waals surface area contributed by atoms with Crippen LogP contribution in [0.2, 0.25) is 0 Å². The zero-order valence-corrected chi connectivity index (χ0v) is 7.67. The fourth-order valence-electron chi connectivity index (χ4n) is 0.698. The molecule has 0 atom stereocenters. The summed E-state index contributed by atoms with van der Waals surface area (Å²) < 4.78 is 0. The minimum atomic E-state index is -0.667. The molecule has 0 heterocycles. The molecule has 0 bridgehead atoms. The van der Waals surface area contributed by atoms with Gasteiger partial charge in [0.05, 0.1) is 5.60 Å². The Balaban J connectivity index is 3.53. The van der Waals surface area contributed by atoms with Gasteiger partial charge >= 0.3 is 0 Å². The predicted octanol–water partition coefficient (Wildman–Crippen LogP) is 2.67. The largest absolute Gasteiger partial charge is 0.386 e. The third kappa shape index (κ3) is 9.44. The van der Waals surface area contributed by atoms with Crippen molar-refractivity contribution in [2.45, 2.75) is 39.2 Å². The summed E-state index contributed by atoms with van der Waals surface area (Å²) in [5.74, 6) is 0. The highest BCUT2D eigenvalue weighted by atomic mass is 16.3. The highest BCUT2D eigenvalue weighted by Gasteiger charge is 2.04. The van der Waals surface area contributed by atoms with Crippen LogP contribution in [0.4, 0.5) is 0 Å². The molecule has 0 aliphatic heterocycles. The molecule has 0 fully saturated rings. The molecular weight excluding hydrogens is 136 g/mol. The van der Waals surface area contributed by atoms with Gasteiger partial charge in [0.1, 0.15) is 0 Å². The maximum Gasteiger partial charge on any atom is 0.0771 e. The Labute approximate surface area is 69.4 Å². The van der Waals surface area contributed by atoms with Crippen LogP contribution < -0.4 is 0 Å². The van der Waals surface area contributed by atoms with Gasteiger partial charge in [-0.3, -0.25) is 0 Å². The van der Waals surface area contributed by atoms with Crippen molar-refractivity contribution in [3.8, 4) is 0 Å². The summed E-state index contributed by atoms with van der Waals surface area (Å²) in [6.45, 7) is 5.65. The Morgan fingerprint density at radius 3 is 2.27 bits per heavy atom. The quantitative estimate of drug-likeness (QED) is 0.617. The van der Waals surface area contributed by atoms with Crippen LogP contribution in [0.15, 0.2) is 24.3 Å². The van der Waals surface area contributed by atoms with Gasteiger partial charge < -0.3 is 5.11 Å². The summed E-state index contributed by atoms with van der Waals surface area (Å²) in [6, 6.07) is 0. The van der Waals surface area contributed by atoms with Crippen LogP contribution >= 0.6 is 0 Å². The van der Waals surface area contributed by atoms with Crippen LogP contribution in [0.1, 0.15) is 33.6 Å². The Hall–Kier alpha value is -0.560. The van der Waals surface area contributed by atoms with Gasteiger partial charge in [0.2, 0.25) is 0 Å². The van der Waals surface area contributed by atoms with Gasteiger partial charge in [-0.2, -0.15) is 0 Å². The summed E-state index contributed by atoms with van der Waals surface area (Å²) in [5.41, 5.74) is -0.667. The first-order valence-electron chi connectivity index (χ1n) is 4.11. The average molecular weight is 154 g/mol. The van der Waals surface area contributed by atoms with Crippen molar-refractivity contribution in [1.29, 1.82) is 0 Å². The van der Waals surface area contributed by atoms with Crippen molar-refractivity contribution in [2.24, 2.45) is 0 Å². The number of hydrogen-bond donors (Lipinski definition) is 1. The van der Waals surface area contributed by atoms with Crippen molar-refractivity contribution >= 4 is 0 Å². The van der Waals surface area contributed by atoms with Crippen LogP contribution in [-0.2, 0) is 0 Å². The monoisotopic (exact) mass is 154 g/mol. The first kappa shape index (κ1) is 10.4. The topological polar surface area (TPSA) is 20.2 Å². The molecule has 0 aliphatic carbocycles. The van der Waals surface area contributed by atoms with E-state index in [1.165, 1.54) is 0 Å². The molecule has 0 unspecified atom stereocenters. The summed E-state index contributed by atoms with van der Waals surface area (Å²) in [5, 5.41) is 9.26. The van der Waals surface area contributed by atoms with E-state index in [4.69, 9.17) is 0 Å². The fourth-order valence-corrected chi connectivity index (χ4v) is 0.698. The molecule has 0 spiro atoms. The molecule has 0 aromatic rings. The third-order valence-electron chi connectivity index (χ3n) is 1.20. The van der Waals surface area contributed by atoms with E-state index in [-0.39, 0.29) is 0 Å². The molecule has 1 N–H and O–H groups in total.